The molecule has 0 fully saturated rings. The topological polar surface area (TPSA) is 57.8 Å². The van der Waals surface area contributed by atoms with Crippen molar-refractivity contribution in [2.75, 3.05) is 0 Å². The second-order valence-corrected chi connectivity index (χ2v) is 5.33. The number of benzene rings is 2. The zero-order valence-corrected chi connectivity index (χ0v) is 12.2. The summed E-state index contributed by atoms with van der Waals surface area (Å²) < 4.78 is 0. The Balaban J connectivity index is 1.72. The summed E-state index contributed by atoms with van der Waals surface area (Å²) >= 11 is 5.88. The van der Waals surface area contributed by atoms with Gasteiger partial charge in [-0.2, -0.15) is 0 Å². The van der Waals surface area contributed by atoms with E-state index in [1.54, 1.807) is 24.3 Å². The summed E-state index contributed by atoms with van der Waals surface area (Å²) in [5, 5.41) is 3.37. The van der Waals surface area contributed by atoms with E-state index in [9.17, 15) is 4.79 Å². The molecule has 1 heterocycles. The first-order valence-electron chi connectivity index (χ1n) is 6.61. The highest BCUT2D eigenvalue weighted by Gasteiger charge is 2.08. The number of carbonyl (C=O) groups excluding carboxylic acids is 1. The van der Waals surface area contributed by atoms with Gasteiger partial charge in [-0.3, -0.25) is 4.79 Å². The van der Waals surface area contributed by atoms with Crippen molar-refractivity contribution in [2.24, 2.45) is 0 Å². The number of nitrogens with zero attached hydrogens (tertiary/aromatic N) is 1. The van der Waals surface area contributed by atoms with Gasteiger partial charge >= 0.3 is 0 Å². The van der Waals surface area contributed by atoms with Crippen LogP contribution in [0.15, 0.2) is 42.5 Å². The molecule has 0 spiro atoms. The minimum atomic E-state index is -0.172. The Morgan fingerprint density at radius 2 is 2.14 bits per heavy atom. The fourth-order valence-corrected chi connectivity index (χ4v) is 2.35. The largest absolute Gasteiger partial charge is 0.345 e. The minimum absolute atomic E-state index is 0.172. The average molecular weight is 300 g/mol. The molecule has 0 aliphatic heterocycles. The van der Waals surface area contributed by atoms with Crippen molar-refractivity contribution in [1.29, 1.82) is 0 Å². The molecule has 3 aromatic rings. The summed E-state index contributed by atoms with van der Waals surface area (Å²) in [4.78, 5) is 19.7. The third kappa shape index (κ3) is 3.06. The molecule has 0 saturated heterocycles. The minimum Gasteiger partial charge on any atom is -0.345 e. The standard InChI is InChI=1S/C16H14ClN3O/c1-10-5-6-13-14(7-10)20-15(19-13)9-18-16(21)11-3-2-4-12(17)8-11/h2-8H,9H2,1H3,(H,18,21)(H,19,20). The van der Waals surface area contributed by atoms with E-state index in [4.69, 9.17) is 11.6 Å². The Hall–Kier alpha value is -2.33. The van der Waals surface area contributed by atoms with Crippen LogP contribution in [0.5, 0.6) is 0 Å². The van der Waals surface area contributed by atoms with E-state index in [-0.39, 0.29) is 5.91 Å². The van der Waals surface area contributed by atoms with Crippen molar-refractivity contribution >= 4 is 28.5 Å². The summed E-state index contributed by atoms with van der Waals surface area (Å²) in [5.41, 5.74) is 3.57. The van der Waals surface area contributed by atoms with Gasteiger partial charge in [-0.15, -0.1) is 0 Å². The number of H-pyrrole nitrogens is 1. The van der Waals surface area contributed by atoms with Gasteiger partial charge in [0.05, 0.1) is 17.6 Å². The third-order valence-electron chi connectivity index (χ3n) is 3.19. The Labute approximate surface area is 127 Å². The van der Waals surface area contributed by atoms with Crippen LogP contribution in [0.2, 0.25) is 5.02 Å². The molecule has 0 atom stereocenters. The number of rotatable bonds is 3. The lowest BCUT2D eigenvalue weighted by Crippen LogP contribution is -2.23. The molecule has 0 aliphatic carbocycles. The smallest absolute Gasteiger partial charge is 0.251 e. The summed E-state index contributed by atoms with van der Waals surface area (Å²) in [6, 6.07) is 12.9. The second-order valence-electron chi connectivity index (χ2n) is 4.90. The highest BCUT2D eigenvalue weighted by atomic mass is 35.5. The predicted molar refractivity (Wildman–Crippen MR) is 83.5 cm³/mol. The van der Waals surface area contributed by atoms with Crippen LogP contribution in [0.25, 0.3) is 11.0 Å². The molecule has 0 bridgehead atoms. The molecule has 1 aromatic heterocycles. The van der Waals surface area contributed by atoms with Crippen molar-refractivity contribution in [3.8, 4) is 0 Å². The van der Waals surface area contributed by atoms with Crippen molar-refractivity contribution in [1.82, 2.24) is 15.3 Å². The van der Waals surface area contributed by atoms with Crippen LogP contribution < -0.4 is 5.32 Å². The van der Waals surface area contributed by atoms with Gasteiger partial charge < -0.3 is 10.3 Å². The van der Waals surface area contributed by atoms with Crippen LogP contribution in [0, 0.1) is 6.92 Å². The lowest BCUT2D eigenvalue weighted by atomic mass is 10.2. The SMILES string of the molecule is Cc1ccc2nc(CNC(=O)c3cccc(Cl)c3)[nH]c2c1. The molecule has 0 saturated carbocycles. The summed E-state index contributed by atoms with van der Waals surface area (Å²) in [6.07, 6.45) is 0. The molecule has 21 heavy (non-hydrogen) atoms. The molecule has 3 rings (SSSR count). The van der Waals surface area contributed by atoms with Crippen LogP contribution in [0.4, 0.5) is 0 Å². The van der Waals surface area contributed by atoms with Gasteiger partial charge in [0.15, 0.2) is 0 Å². The first-order chi connectivity index (χ1) is 10.1. The zero-order valence-electron chi connectivity index (χ0n) is 11.5. The Bertz CT molecular complexity index is 810. The molecule has 5 heteroatoms. The normalized spacial score (nSPS) is 10.8. The molecule has 0 aliphatic rings. The number of hydrogen-bond donors (Lipinski definition) is 2. The maximum absolute atomic E-state index is 12.0. The molecule has 2 aromatic carbocycles. The van der Waals surface area contributed by atoms with Crippen LogP contribution in [-0.2, 0) is 6.54 Å². The number of aryl methyl sites for hydroxylation is 1. The van der Waals surface area contributed by atoms with Crippen LogP contribution in [-0.4, -0.2) is 15.9 Å². The Morgan fingerprint density at radius 1 is 1.29 bits per heavy atom. The zero-order chi connectivity index (χ0) is 14.8. The molecule has 106 valence electrons. The molecule has 0 radical (unpaired) electrons. The lowest BCUT2D eigenvalue weighted by Gasteiger charge is -2.03. The van der Waals surface area contributed by atoms with Gasteiger partial charge in [0.25, 0.3) is 5.91 Å². The van der Waals surface area contributed by atoms with E-state index in [1.165, 1.54) is 5.56 Å². The number of aromatic amines is 1. The highest BCUT2D eigenvalue weighted by molar-refractivity contribution is 6.30. The Kier molecular flexibility index (Phi) is 3.62. The third-order valence-corrected chi connectivity index (χ3v) is 3.42. The van der Waals surface area contributed by atoms with Gasteiger partial charge in [0, 0.05) is 10.6 Å². The number of halogens is 1. The predicted octanol–water partition coefficient (Wildman–Crippen LogP) is 3.45. The summed E-state index contributed by atoms with van der Waals surface area (Å²) in [5.74, 6) is 0.556. The number of carbonyl (C=O) groups is 1. The van der Waals surface area contributed by atoms with E-state index in [1.807, 2.05) is 25.1 Å². The van der Waals surface area contributed by atoms with Gasteiger partial charge in [-0.05, 0) is 42.8 Å². The van der Waals surface area contributed by atoms with Crippen molar-refractivity contribution in [3.05, 3.63) is 64.4 Å². The lowest BCUT2D eigenvalue weighted by molar-refractivity contribution is 0.0950. The molecule has 2 N–H and O–H groups in total. The maximum Gasteiger partial charge on any atom is 0.251 e. The first kappa shape index (κ1) is 13.6. The fourth-order valence-electron chi connectivity index (χ4n) is 2.16. The quantitative estimate of drug-likeness (QED) is 0.778. The average Bonchev–Trinajstić information content (AvgIpc) is 2.86. The van der Waals surface area contributed by atoms with Crippen LogP contribution in [0.3, 0.4) is 0 Å². The monoisotopic (exact) mass is 299 g/mol. The van der Waals surface area contributed by atoms with E-state index in [0.717, 1.165) is 16.9 Å². The fraction of sp³-hybridized carbons (Fsp3) is 0.125. The maximum atomic E-state index is 12.0. The van der Waals surface area contributed by atoms with E-state index >= 15 is 0 Å². The first-order valence-corrected chi connectivity index (χ1v) is 6.98. The van der Waals surface area contributed by atoms with E-state index in [2.05, 4.69) is 15.3 Å². The van der Waals surface area contributed by atoms with Crippen LogP contribution >= 0.6 is 11.6 Å². The highest BCUT2D eigenvalue weighted by Crippen LogP contribution is 2.14. The van der Waals surface area contributed by atoms with Gasteiger partial charge in [-0.1, -0.05) is 23.7 Å². The van der Waals surface area contributed by atoms with E-state index < -0.39 is 0 Å². The number of aromatic nitrogens is 2. The molecule has 1 amide bonds. The number of hydrogen-bond acceptors (Lipinski definition) is 2. The van der Waals surface area contributed by atoms with Crippen molar-refractivity contribution in [2.45, 2.75) is 13.5 Å². The molecular formula is C16H14ClN3O. The molecule has 4 nitrogen and oxygen atoms in total. The molecular weight excluding hydrogens is 286 g/mol. The van der Waals surface area contributed by atoms with Crippen LogP contribution in [0.1, 0.15) is 21.7 Å². The summed E-state index contributed by atoms with van der Waals surface area (Å²) in [6.45, 7) is 2.37. The van der Waals surface area contributed by atoms with Crippen molar-refractivity contribution < 1.29 is 4.79 Å². The van der Waals surface area contributed by atoms with Gasteiger partial charge in [-0.25, -0.2) is 4.98 Å². The second kappa shape index (κ2) is 5.58. The van der Waals surface area contributed by atoms with Gasteiger partial charge in [0.1, 0.15) is 5.82 Å². The summed E-state index contributed by atoms with van der Waals surface area (Å²) in [7, 11) is 0. The van der Waals surface area contributed by atoms with Crippen molar-refractivity contribution in [3.63, 3.8) is 0 Å². The number of amides is 1. The number of nitrogens with one attached hydrogen (secondary N) is 2. The van der Waals surface area contributed by atoms with E-state index in [0.29, 0.717) is 17.1 Å². The number of imidazole rings is 1. The van der Waals surface area contributed by atoms with Gasteiger partial charge in [0.2, 0.25) is 0 Å². The number of fused-ring (bicyclic) bond motifs is 1. The Morgan fingerprint density at radius 3 is 2.95 bits per heavy atom. The molecule has 0 unspecified atom stereocenters.